The molecule has 0 saturated carbocycles. The summed E-state index contributed by atoms with van der Waals surface area (Å²) in [4.78, 5) is 5.23. The van der Waals surface area contributed by atoms with Gasteiger partial charge in [0.2, 0.25) is 0 Å². The summed E-state index contributed by atoms with van der Waals surface area (Å²) in [7, 11) is 2.05. The van der Waals surface area contributed by atoms with E-state index < -0.39 is 11.7 Å². The van der Waals surface area contributed by atoms with Crippen molar-refractivity contribution in [3.8, 4) is 0 Å². The Morgan fingerprint density at radius 3 is 2.62 bits per heavy atom. The molecule has 0 amide bonds. The molecule has 0 bridgehead atoms. The second-order valence-electron chi connectivity index (χ2n) is 4.87. The second-order valence-corrected chi connectivity index (χ2v) is 4.87. The van der Waals surface area contributed by atoms with Crippen LogP contribution in [0.4, 0.5) is 0 Å². The molecule has 1 aromatic rings. The third kappa shape index (κ3) is 1.73. The van der Waals surface area contributed by atoms with E-state index in [9.17, 15) is 5.11 Å². The molecule has 1 N–H and O–H groups in total. The van der Waals surface area contributed by atoms with Crippen molar-refractivity contribution in [2.24, 2.45) is 5.16 Å². The van der Waals surface area contributed by atoms with Crippen LogP contribution in [-0.4, -0.2) is 30.4 Å². The monoisotopic (exact) mass is 217 g/mol. The van der Waals surface area contributed by atoms with Gasteiger partial charge in [-0.15, -0.1) is 0 Å². The molecule has 1 atom stereocenters. The molecule has 1 aliphatic rings. The highest BCUT2D eigenvalue weighted by atomic mass is 16.7. The number of aliphatic hydroxyl groups excluding tert-OH is 1. The summed E-state index contributed by atoms with van der Waals surface area (Å²) < 4.78 is 0. The average Bonchev–Trinajstić information content (AvgIpc) is 2.48. The zero-order chi connectivity index (χ0) is 11.9. The summed E-state index contributed by atoms with van der Waals surface area (Å²) in [5.74, 6) is 0. The van der Waals surface area contributed by atoms with Crippen LogP contribution >= 0.6 is 0 Å². The number of nitrogens with zero attached hydrogens (tertiary/aromatic N) is 1. The summed E-state index contributed by atoms with van der Waals surface area (Å²) in [6.45, 7) is 5.72. The Balaban J connectivity index is 2.36. The van der Waals surface area contributed by atoms with Crippen molar-refractivity contribution in [1.82, 2.24) is 0 Å². The molecule has 2 rings (SSSR count). The van der Waals surface area contributed by atoms with Gasteiger partial charge in [0.05, 0.1) is 0 Å². The van der Waals surface area contributed by atoms with E-state index in [4.69, 9.17) is 4.84 Å². The third-order valence-corrected chi connectivity index (χ3v) is 3.10. The minimum atomic E-state index is -0.672. The van der Waals surface area contributed by atoms with Gasteiger partial charge in [-0.05, 0) is 20.8 Å². The van der Waals surface area contributed by atoms with Crippen molar-refractivity contribution in [2.45, 2.75) is 32.5 Å². The van der Waals surface area contributed by atoms with Gasteiger partial charge in [0, 0.05) is 5.56 Å². The van der Waals surface area contributed by atoms with Crippen LogP contribution in [-0.2, 0) is 4.84 Å². The third-order valence-electron chi connectivity index (χ3n) is 3.10. The predicted octanol–water partition coefficient (Wildman–Crippen LogP) is 0.127. The zero-order valence-electron chi connectivity index (χ0n) is 10.1. The molecule has 16 heavy (non-hydrogen) atoms. The van der Waals surface area contributed by atoms with E-state index in [-0.39, 0.29) is 0 Å². The molecule has 1 unspecified atom stereocenters. The highest BCUT2D eigenvalue weighted by Crippen LogP contribution is 2.26. The van der Waals surface area contributed by atoms with Crippen molar-refractivity contribution in [3.05, 3.63) is 29.3 Å². The molecule has 1 aliphatic heterocycles. The van der Waals surface area contributed by atoms with Crippen LogP contribution in [0.25, 0.3) is 0 Å². The average molecular weight is 217 g/mol. The van der Waals surface area contributed by atoms with Gasteiger partial charge in [0.15, 0.2) is 5.60 Å². The highest BCUT2D eigenvalue weighted by Gasteiger charge is 2.40. The number of oxime groups is 1. The number of benzene rings is 1. The fourth-order valence-electron chi connectivity index (χ4n) is 1.71. The highest BCUT2D eigenvalue weighted by molar-refractivity contribution is 6.33. The molecule has 0 spiro atoms. The van der Waals surface area contributed by atoms with Crippen molar-refractivity contribution < 1.29 is 9.94 Å². The van der Waals surface area contributed by atoms with Crippen molar-refractivity contribution in [2.75, 3.05) is 0 Å². The maximum atomic E-state index is 10.1. The topological polar surface area (TPSA) is 41.8 Å². The van der Waals surface area contributed by atoms with Crippen molar-refractivity contribution >= 4 is 19.0 Å². The Labute approximate surface area is 96.5 Å². The number of aryl methyl sites for hydroxylation is 1. The fraction of sp³-hybridized carbons (Fsp3) is 0.417. The van der Waals surface area contributed by atoms with Crippen molar-refractivity contribution in [3.63, 3.8) is 0 Å². The maximum Gasteiger partial charge on any atom is 0.163 e. The summed E-state index contributed by atoms with van der Waals surface area (Å²) >= 11 is 0. The van der Waals surface area contributed by atoms with Crippen LogP contribution in [0.3, 0.4) is 0 Å². The van der Waals surface area contributed by atoms with Crippen LogP contribution in [0.2, 0.25) is 0 Å². The lowest BCUT2D eigenvalue weighted by Crippen LogP contribution is -2.38. The number of rotatable bonds is 1. The Morgan fingerprint density at radius 2 is 2.12 bits per heavy atom. The van der Waals surface area contributed by atoms with E-state index in [1.165, 1.54) is 11.0 Å². The predicted molar refractivity (Wildman–Crippen MR) is 67.1 cm³/mol. The molecule has 84 valence electrons. The Hall–Kier alpha value is -1.29. The summed E-state index contributed by atoms with van der Waals surface area (Å²) in [6, 6.07) is 6.03. The van der Waals surface area contributed by atoms with Gasteiger partial charge >= 0.3 is 0 Å². The van der Waals surface area contributed by atoms with Crippen LogP contribution in [0, 0.1) is 6.92 Å². The van der Waals surface area contributed by atoms with Crippen LogP contribution in [0.1, 0.15) is 25.0 Å². The number of aliphatic hydroxyl groups is 1. The molecule has 0 aliphatic carbocycles. The molecule has 0 saturated heterocycles. The SMILES string of the molecule is Bc1cc(C2=NOC(C)(C)C2O)ccc1C. The first-order chi connectivity index (χ1) is 7.42. The van der Waals surface area contributed by atoms with Gasteiger partial charge in [-0.1, -0.05) is 34.4 Å². The smallest absolute Gasteiger partial charge is 0.163 e. The molecule has 0 radical (unpaired) electrons. The first-order valence-electron chi connectivity index (χ1n) is 5.43. The van der Waals surface area contributed by atoms with E-state index >= 15 is 0 Å². The standard InChI is InChI=1S/C12H16BNO2/c1-7-4-5-8(6-9(7)13)10-11(15)12(2,3)16-14-10/h4-6,11,15H,13H2,1-3H3. The minimum Gasteiger partial charge on any atom is -0.386 e. The first kappa shape index (κ1) is 11.2. The zero-order valence-corrected chi connectivity index (χ0v) is 10.1. The summed E-state index contributed by atoms with van der Waals surface area (Å²) in [6.07, 6.45) is -0.672. The van der Waals surface area contributed by atoms with E-state index in [1.807, 2.05) is 39.9 Å². The Kier molecular flexibility index (Phi) is 2.54. The second kappa shape index (κ2) is 3.63. The molecule has 4 heteroatoms. The van der Waals surface area contributed by atoms with E-state index in [2.05, 4.69) is 12.1 Å². The van der Waals surface area contributed by atoms with Gasteiger partial charge in [0.1, 0.15) is 19.7 Å². The van der Waals surface area contributed by atoms with Gasteiger partial charge in [-0.2, -0.15) is 0 Å². The molecule has 3 nitrogen and oxygen atoms in total. The Morgan fingerprint density at radius 1 is 1.44 bits per heavy atom. The molecule has 1 heterocycles. The molecular formula is C12H16BNO2. The van der Waals surface area contributed by atoms with Gasteiger partial charge in [0.25, 0.3) is 0 Å². The largest absolute Gasteiger partial charge is 0.386 e. The van der Waals surface area contributed by atoms with Crippen molar-refractivity contribution in [1.29, 1.82) is 0 Å². The lowest BCUT2D eigenvalue weighted by molar-refractivity contribution is -0.0476. The van der Waals surface area contributed by atoms with Gasteiger partial charge in [-0.3, -0.25) is 0 Å². The lowest BCUT2D eigenvalue weighted by Gasteiger charge is -2.20. The van der Waals surface area contributed by atoms with E-state index in [0.29, 0.717) is 5.71 Å². The van der Waals surface area contributed by atoms with Gasteiger partial charge in [-0.25, -0.2) is 0 Å². The van der Waals surface area contributed by atoms with E-state index in [1.54, 1.807) is 0 Å². The summed E-state index contributed by atoms with van der Waals surface area (Å²) in [5, 5.41) is 14.1. The fourth-order valence-corrected chi connectivity index (χ4v) is 1.71. The number of hydrogen-bond donors (Lipinski definition) is 1. The van der Waals surface area contributed by atoms with Crippen LogP contribution < -0.4 is 5.46 Å². The van der Waals surface area contributed by atoms with Crippen LogP contribution in [0.5, 0.6) is 0 Å². The maximum absolute atomic E-state index is 10.1. The molecule has 0 fully saturated rings. The molecule has 0 aromatic heterocycles. The minimum absolute atomic E-state index is 0.619. The molecular weight excluding hydrogens is 201 g/mol. The van der Waals surface area contributed by atoms with Gasteiger partial charge < -0.3 is 9.94 Å². The Bertz CT molecular complexity index is 454. The summed E-state index contributed by atoms with van der Waals surface area (Å²) in [5.41, 5.74) is 3.34. The number of hydrogen-bond acceptors (Lipinski definition) is 3. The first-order valence-corrected chi connectivity index (χ1v) is 5.43. The molecule has 1 aromatic carbocycles. The van der Waals surface area contributed by atoms with E-state index in [0.717, 1.165) is 5.56 Å². The normalized spacial score (nSPS) is 22.8. The quantitative estimate of drug-likeness (QED) is 0.679. The lowest BCUT2D eigenvalue weighted by atomic mass is 9.86. The van der Waals surface area contributed by atoms with Crippen LogP contribution in [0.15, 0.2) is 23.4 Å².